The summed E-state index contributed by atoms with van der Waals surface area (Å²) < 4.78 is 50.6. The van der Waals surface area contributed by atoms with E-state index in [4.69, 9.17) is 23.6 Å². The van der Waals surface area contributed by atoms with Gasteiger partial charge < -0.3 is 28.4 Å². The van der Waals surface area contributed by atoms with Crippen molar-refractivity contribution in [1.29, 1.82) is 0 Å². The quantitative estimate of drug-likeness (QED) is 0.234. The van der Waals surface area contributed by atoms with E-state index < -0.39 is 45.1 Å². The standard InChI is InChI=1S/C38H54N8O9S/c1-12-56(50,51)43-27-18-17-25-21-45(22-26(25)27)28-19-39-30(46(34(48)54-37(5,6)7)35(49)55-38(8,9)10)29(40-28)32-42-41-31(52-32)24-15-13-23(14-16-24)20-44(11)33(47)53-36(2,3)4/h13-16,19,25-27,43H,12,17-18,20-22H2,1-11H3/t25-,26+,27?/m0/s1. The lowest BCUT2D eigenvalue weighted by Crippen LogP contribution is -2.44. The third kappa shape index (κ3) is 10.7. The Hall–Kier alpha value is -4.84. The Morgan fingerprint density at radius 1 is 0.857 bits per heavy atom. The Balaban J connectivity index is 1.51. The average Bonchev–Trinajstić information content (AvgIpc) is 3.81. The molecular weight excluding hydrogens is 745 g/mol. The predicted molar refractivity (Wildman–Crippen MR) is 208 cm³/mol. The van der Waals surface area contributed by atoms with Crippen molar-refractivity contribution in [2.24, 2.45) is 11.8 Å². The Bertz CT molecular complexity index is 1990. The van der Waals surface area contributed by atoms with Crippen molar-refractivity contribution in [3.63, 3.8) is 0 Å². The maximum atomic E-state index is 13.7. The van der Waals surface area contributed by atoms with Crippen molar-refractivity contribution >= 4 is 39.9 Å². The van der Waals surface area contributed by atoms with Crippen LogP contribution in [0.15, 0.2) is 34.9 Å². The normalized spacial score (nSPS) is 18.7. The van der Waals surface area contributed by atoms with Gasteiger partial charge in [0, 0.05) is 38.3 Å². The molecular formula is C38H54N8O9S. The van der Waals surface area contributed by atoms with Crippen LogP contribution < -0.4 is 14.5 Å². The first-order chi connectivity index (χ1) is 25.9. The SMILES string of the molecule is CCS(=O)(=O)NC1CC[C@H]2CN(c3cnc(N(C(=O)OC(C)(C)C)C(=O)OC(C)(C)C)c(-c4nnc(-c5ccc(CN(C)C(=O)OC(C)(C)C)cc5)o4)n3)C[C@@H]12. The highest BCUT2D eigenvalue weighted by molar-refractivity contribution is 7.89. The molecule has 0 bridgehead atoms. The van der Waals surface area contributed by atoms with Crippen molar-refractivity contribution in [1.82, 2.24) is 29.8 Å². The molecule has 0 radical (unpaired) electrons. The maximum Gasteiger partial charge on any atom is 0.425 e. The molecule has 1 saturated heterocycles. The Labute approximate surface area is 328 Å². The minimum atomic E-state index is -3.40. The lowest BCUT2D eigenvalue weighted by molar-refractivity contribution is 0.0283. The Morgan fingerprint density at radius 3 is 2.00 bits per heavy atom. The van der Waals surface area contributed by atoms with E-state index in [0.29, 0.717) is 35.9 Å². The number of benzene rings is 1. The summed E-state index contributed by atoms with van der Waals surface area (Å²) in [6.07, 6.45) is 0.464. The second-order valence-electron chi connectivity index (χ2n) is 17.2. The summed E-state index contributed by atoms with van der Waals surface area (Å²) >= 11 is 0. The van der Waals surface area contributed by atoms with Crippen LogP contribution in [0, 0.1) is 11.8 Å². The molecule has 1 saturated carbocycles. The second-order valence-corrected chi connectivity index (χ2v) is 19.2. The molecule has 3 heterocycles. The fraction of sp³-hybridized carbons (Fsp3) is 0.605. The van der Waals surface area contributed by atoms with E-state index in [0.717, 1.165) is 18.4 Å². The molecule has 5 rings (SSSR count). The van der Waals surface area contributed by atoms with E-state index in [1.165, 1.54) is 11.1 Å². The molecule has 56 heavy (non-hydrogen) atoms. The number of sulfonamides is 1. The molecule has 0 spiro atoms. The highest BCUT2D eigenvalue weighted by Gasteiger charge is 2.45. The summed E-state index contributed by atoms with van der Waals surface area (Å²) in [5.74, 6) is 0.391. The van der Waals surface area contributed by atoms with Crippen LogP contribution in [0.5, 0.6) is 0 Å². The van der Waals surface area contributed by atoms with E-state index in [9.17, 15) is 22.8 Å². The number of carbonyl (C=O) groups excluding carboxylic acids is 3. The van der Waals surface area contributed by atoms with E-state index in [1.54, 1.807) is 88.4 Å². The van der Waals surface area contributed by atoms with Crippen molar-refractivity contribution in [3.8, 4) is 23.0 Å². The summed E-state index contributed by atoms with van der Waals surface area (Å²) in [6.45, 7) is 18.4. The van der Waals surface area contributed by atoms with E-state index in [2.05, 4.69) is 19.9 Å². The van der Waals surface area contributed by atoms with Crippen LogP contribution in [-0.4, -0.2) is 100 Å². The fourth-order valence-electron chi connectivity index (χ4n) is 6.47. The molecule has 17 nitrogen and oxygen atoms in total. The molecule has 1 aromatic carbocycles. The lowest BCUT2D eigenvalue weighted by atomic mass is 9.98. The highest BCUT2D eigenvalue weighted by atomic mass is 32.2. The number of anilines is 2. The number of aromatic nitrogens is 4. The molecule has 2 aliphatic rings. The van der Waals surface area contributed by atoms with Crippen molar-refractivity contribution < 1.29 is 41.4 Å². The van der Waals surface area contributed by atoms with Crippen LogP contribution in [-0.2, 0) is 30.8 Å². The minimum absolute atomic E-state index is 0.00550. The number of hydrogen-bond acceptors (Lipinski definition) is 14. The van der Waals surface area contributed by atoms with Crippen LogP contribution in [0.2, 0.25) is 0 Å². The summed E-state index contributed by atoms with van der Waals surface area (Å²) in [4.78, 5) is 53.5. The number of rotatable bonds is 9. The van der Waals surface area contributed by atoms with Gasteiger partial charge in [0.1, 0.15) is 22.6 Å². The number of hydrogen-bond donors (Lipinski definition) is 1. The zero-order valence-electron chi connectivity index (χ0n) is 34.1. The Kier molecular flexibility index (Phi) is 12.1. The van der Waals surface area contributed by atoms with Crippen molar-refractivity contribution in [3.05, 3.63) is 36.0 Å². The first-order valence-corrected chi connectivity index (χ1v) is 20.3. The van der Waals surface area contributed by atoms with E-state index in [1.807, 2.05) is 17.0 Å². The number of imide groups is 1. The molecule has 3 aromatic rings. The van der Waals surface area contributed by atoms with Gasteiger partial charge in [-0.3, -0.25) is 0 Å². The molecule has 1 unspecified atom stereocenters. The van der Waals surface area contributed by atoms with Gasteiger partial charge >= 0.3 is 18.3 Å². The van der Waals surface area contributed by atoms with Crippen LogP contribution in [0.3, 0.4) is 0 Å². The number of fused-ring (bicyclic) bond motifs is 1. The van der Waals surface area contributed by atoms with Gasteiger partial charge in [-0.15, -0.1) is 10.2 Å². The smallest absolute Gasteiger partial charge is 0.425 e. The monoisotopic (exact) mass is 798 g/mol. The van der Waals surface area contributed by atoms with Gasteiger partial charge in [-0.1, -0.05) is 12.1 Å². The largest absolute Gasteiger partial charge is 0.444 e. The summed E-state index contributed by atoms with van der Waals surface area (Å²) in [7, 11) is -1.75. The van der Waals surface area contributed by atoms with Crippen LogP contribution in [0.25, 0.3) is 23.0 Å². The highest BCUT2D eigenvalue weighted by Crippen LogP contribution is 2.41. The number of nitrogens with zero attached hydrogens (tertiary/aromatic N) is 7. The van der Waals surface area contributed by atoms with Gasteiger partial charge in [-0.25, -0.2) is 37.5 Å². The van der Waals surface area contributed by atoms with Crippen LogP contribution in [0.1, 0.15) is 87.6 Å². The fourth-order valence-corrected chi connectivity index (χ4v) is 7.40. The molecule has 3 amide bonds. The van der Waals surface area contributed by atoms with Gasteiger partial charge in [0.15, 0.2) is 11.5 Å². The minimum Gasteiger partial charge on any atom is -0.444 e. The van der Waals surface area contributed by atoms with Gasteiger partial charge in [0.05, 0.1) is 11.9 Å². The molecule has 1 N–H and O–H groups in total. The number of ether oxygens (including phenoxy) is 3. The summed E-state index contributed by atoms with van der Waals surface area (Å²) in [5.41, 5.74) is -1.29. The van der Waals surface area contributed by atoms with Crippen molar-refractivity contribution in [2.75, 3.05) is 35.7 Å². The van der Waals surface area contributed by atoms with Gasteiger partial charge in [0.2, 0.25) is 15.9 Å². The zero-order valence-corrected chi connectivity index (χ0v) is 34.9. The lowest BCUT2D eigenvalue weighted by Gasteiger charge is -2.29. The molecule has 2 fully saturated rings. The molecule has 3 atom stereocenters. The van der Waals surface area contributed by atoms with E-state index >= 15 is 0 Å². The Morgan fingerprint density at radius 2 is 1.43 bits per heavy atom. The van der Waals surface area contributed by atoms with Crippen molar-refractivity contribution in [2.45, 2.75) is 111 Å². The third-order valence-corrected chi connectivity index (χ3v) is 10.4. The van der Waals surface area contributed by atoms with Gasteiger partial charge in [0.25, 0.3) is 5.89 Å². The van der Waals surface area contributed by atoms with Gasteiger partial charge in [-0.2, -0.15) is 4.90 Å². The zero-order chi connectivity index (χ0) is 41.4. The molecule has 2 aromatic heterocycles. The first-order valence-electron chi connectivity index (χ1n) is 18.7. The number of nitrogens with one attached hydrogen (secondary N) is 1. The third-order valence-electron chi connectivity index (χ3n) is 8.95. The molecule has 1 aliphatic heterocycles. The topological polar surface area (TPSA) is 199 Å². The number of carbonyl (C=O) groups is 3. The molecule has 306 valence electrons. The average molecular weight is 799 g/mol. The van der Waals surface area contributed by atoms with Crippen LogP contribution >= 0.6 is 0 Å². The predicted octanol–water partition coefficient (Wildman–Crippen LogP) is 6.39. The van der Waals surface area contributed by atoms with Crippen LogP contribution in [0.4, 0.5) is 26.0 Å². The van der Waals surface area contributed by atoms with E-state index in [-0.39, 0.29) is 46.9 Å². The molecule has 18 heteroatoms. The number of amides is 3. The van der Waals surface area contributed by atoms with Gasteiger partial charge in [-0.05, 0) is 112 Å². The summed E-state index contributed by atoms with van der Waals surface area (Å²) in [5, 5.41) is 8.53. The first kappa shape index (κ1) is 42.3. The summed E-state index contributed by atoms with van der Waals surface area (Å²) in [6, 6.07) is 6.95. The maximum absolute atomic E-state index is 13.7. The second kappa shape index (κ2) is 16.0. The molecule has 1 aliphatic carbocycles.